The molecule has 1 heterocycles. The molecule has 0 radical (unpaired) electrons. The van der Waals surface area contributed by atoms with Gasteiger partial charge in [0.2, 0.25) is 0 Å². The molecule has 1 aliphatic rings. The Kier molecular flexibility index (Phi) is 5.26. The van der Waals surface area contributed by atoms with E-state index in [0.717, 1.165) is 24.7 Å². The van der Waals surface area contributed by atoms with Crippen LogP contribution in [0.15, 0.2) is 18.2 Å². The lowest BCUT2D eigenvalue weighted by molar-refractivity contribution is 0.318. The minimum absolute atomic E-state index is 0. The van der Waals surface area contributed by atoms with E-state index in [0.29, 0.717) is 12.0 Å². The number of benzene rings is 1. The van der Waals surface area contributed by atoms with Gasteiger partial charge in [0, 0.05) is 30.7 Å². The molecular formula is C13H20Cl2N2. The van der Waals surface area contributed by atoms with Gasteiger partial charge < -0.3 is 5.73 Å². The maximum Gasteiger partial charge on any atom is 0.0408 e. The molecule has 2 rings (SSSR count). The van der Waals surface area contributed by atoms with E-state index in [2.05, 4.69) is 24.8 Å². The number of likely N-dealkylation sites (tertiary alicyclic amines) is 1. The van der Waals surface area contributed by atoms with E-state index in [-0.39, 0.29) is 12.4 Å². The smallest absolute Gasteiger partial charge is 0.0408 e. The summed E-state index contributed by atoms with van der Waals surface area (Å²) < 4.78 is 0. The van der Waals surface area contributed by atoms with Crippen LogP contribution in [0.2, 0.25) is 5.02 Å². The number of aryl methyl sites for hydroxylation is 1. The Labute approximate surface area is 115 Å². The van der Waals surface area contributed by atoms with E-state index in [4.69, 9.17) is 17.3 Å². The minimum Gasteiger partial charge on any atom is -0.326 e. The second kappa shape index (κ2) is 6.05. The van der Waals surface area contributed by atoms with Crippen molar-refractivity contribution in [2.75, 3.05) is 13.1 Å². The fourth-order valence-corrected chi connectivity index (χ4v) is 2.53. The molecule has 2 unspecified atom stereocenters. The van der Waals surface area contributed by atoms with E-state index < -0.39 is 0 Å². The van der Waals surface area contributed by atoms with Crippen LogP contribution in [-0.4, -0.2) is 24.0 Å². The summed E-state index contributed by atoms with van der Waals surface area (Å²) in [6.07, 6.45) is 0. The molecule has 17 heavy (non-hydrogen) atoms. The summed E-state index contributed by atoms with van der Waals surface area (Å²) in [7, 11) is 0. The highest BCUT2D eigenvalue weighted by Crippen LogP contribution is 2.21. The summed E-state index contributed by atoms with van der Waals surface area (Å²) >= 11 is 5.95. The van der Waals surface area contributed by atoms with Gasteiger partial charge in [-0.05, 0) is 36.1 Å². The molecule has 0 aliphatic carbocycles. The lowest BCUT2D eigenvalue weighted by Crippen LogP contribution is -2.28. The molecule has 1 aromatic rings. The van der Waals surface area contributed by atoms with Gasteiger partial charge in [0.15, 0.2) is 0 Å². The molecule has 1 fully saturated rings. The van der Waals surface area contributed by atoms with Crippen LogP contribution >= 0.6 is 24.0 Å². The van der Waals surface area contributed by atoms with E-state index in [1.54, 1.807) is 0 Å². The van der Waals surface area contributed by atoms with Gasteiger partial charge >= 0.3 is 0 Å². The summed E-state index contributed by atoms with van der Waals surface area (Å²) in [5, 5.41) is 0.813. The van der Waals surface area contributed by atoms with Gasteiger partial charge in [0.25, 0.3) is 0 Å². The molecule has 1 aromatic carbocycles. The topological polar surface area (TPSA) is 29.3 Å². The van der Waals surface area contributed by atoms with Gasteiger partial charge in [0.1, 0.15) is 0 Å². The summed E-state index contributed by atoms with van der Waals surface area (Å²) in [4.78, 5) is 2.42. The van der Waals surface area contributed by atoms with Crippen molar-refractivity contribution in [2.45, 2.75) is 26.4 Å². The minimum atomic E-state index is 0. The van der Waals surface area contributed by atoms with Crippen LogP contribution in [-0.2, 0) is 6.54 Å². The zero-order valence-electron chi connectivity index (χ0n) is 10.3. The lowest BCUT2D eigenvalue weighted by Gasteiger charge is -2.17. The van der Waals surface area contributed by atoms with Crippen molar-refractivity contribution in [1.82, 2.24) is 4.90 Å². The number of hydrogen-bond acceptors (Lipinski definition) is 2. The van der Waals surface area contributed by atoms with Crippen molar-refractivity contribution < 1.29 is 0 Å². The lowest BCUT2D eigenvalue weighted by atomic mass is 10.1. The highest BCUT2D eigenvalue weighted by molar-refractivity contribution is 6.30. The summed E-state index contributed by atoms with van der Waals surface area (Å²) in [5.41, 5.74) is 8.64. The van der Waals surface area contributed by atoms with E-state index in [1.165, 1.54) is 11.1 Å². The fraction of sp³-hybridized carbons (Fsp3) is 0.538. The first-order valence-corrected chi connectivity index (χ1v) is 6.17. The number of nitrogens with two attached hydrogens (primary N) is 1. The molecule has 0 spiro atoms. The monoisotopic (exact) mass is 274 g/mol. The van der Waals surface area contributed by atoms with Crippen molar-refractivity contribution in [1.29, 1.82) is 0 Å². The first kappa shape index (κ1) is 14.8. The number of halogens is 2. The number of nitrogens with zero attached hydrogens (tertiary/aromatic N) is 1. The van der Waals surface area contributed by atoms with Gasteiger partial charge in [0.05, 0.1) is 0 Å². The van der Waals surface area contributed by atoms with Gasteiger partial charge in [-0.25, -0.2) is 0 Å². The average molecular weight is 275 g/mol. The van der Waals surface area contributed by atoms with Crippen LogP contribution in [0.25, 0.3) is 0 Å². The second-order valence-corrected chi connectivity index (χ2v) is 5.34. The fourth-order valence-electron chi connectivity index (χ4n) is 2.30. The predicted octanol–water partition coefficient (Wildman–Crippen LogP) is 2.85. The van der Waals surface area contributed by atoms with E-state index in [9.17, 15) is 0 Å². The molecule has 1 saturated heterocycles. The Morgan fingerprint density at radius 1 is 1.41 bits per heavy atom. The molecule has 4 heteroatoms. The van der Waals surface area contributed by atoms with Crippen molar-refractivity contribution >= 4 is 24.0 Å². The van der Waals surface area contributed by atoms with Crippen LogP contribution in [0.4, 0.5) is 0 Å². The Balaban J connectivity index is 0.00000144. The number of rotatable bonds is 2. The van der Waals surface area contributed by atoms with Crippen LogP contribution in [0.1, 0.15) is 18.1 Å². The Morgan fingerprint density at radius 3 is 2.65 bits per heavy atom. The van der Waals surface area contributed by atoms with Crippen molar-refractivity contribution in [3.63, 3.8) is 0 Å². The van der Waals surface area contributed by atoms with Gasteiger partial charge in [-0.1, -0.05) is 24.6 Å². The van der Waals surface area contributed by atoms with Crippen LogP contribution in [0.5, 0.6) is 0 Å². The molecule has 0 amide bonds. The van der Waals surface area contributed by atoms with E-state index in [1.807, 2.05) is 12.1 Å². The van der Waals surface area contributed by atoms with Crippen LogP contribution in [0.3, 0.4) is 0 Å². The zero-order valence-corrected chi connectivity index (χ0v) is 11.9. The van der Waals surface area contributed by atoms with Crippen molar-refractivity contribution in [3.05, 3.63) is 34.3 Å². The maximum atomic E-state index is 6.02. The van der Waals surface area contributed by atoms with Crippen molar-refractivity contribution in [2.24, 2.45) is 11.7 Å². The van der Waals surface area contributed by atoms with Gasteiger partial charge in [-0.3, -0.25) is 4.90 Å². The SMILES string of the molecule is Cc1cc(Cl)ccc1CN1CC(C)C(N)C1.Cl. The highest BCUT2D eigenvalue weighted by Gasteiger charge is 2.26. The molecule has 0 bridgehead atoms. The maximum absolute atomic E-state index is 6.02. The first-order chi connectivity index (χ1) is 7.56. The van der Waals surface area contributed by atoms with E-state index >= 15 is 0 Å². The van der Waals surface area contributed by atoms with Crippen molar-refractivity contribution in [3.8, 4) is 0 Å². The molecule has 2 N–H and O–H groups in total. The Morgan fingerprint density at radius 2 is 2.12 bits per heavy atom. The van der Waals surface area contributed by atoms with Gasteiger partial charge in [-0.15, -0.1) is 12.4 Å². The molecule has 0 saturated carbocycles. The summed E-state index contributed by atoms with van der Waals surface area (Å²) in [5.74, 6) is 0.604. The second-order valence-electron chi connectivity index (χ2n) is 4.91. The molecule has 2 nitrogen and oxygen atoms in total. The Hall–Kier alpha value is -0.280. The Bertz CT molecular complexity index is 372. The largest absolute Gasteiger partial charge is 0.326 e. The first-order valence-electron chi connectivity index (χ1n) is 5.79. The molecule has 1 aliphatic heterocycles. The normalized spacial score (nSPS) is 24.7. The quantitative estimate of drug-likeness (QED) is 0.899. The average Bonchev–Trinajstić information content (AvgIpc) is 2.51. The molecular weight excluding hydrogens is 255 g/mol. The van der Waals surface area contributed by atoms with Crippen LogP contribution in [0, 0.1) is 12.8 Å². The highest BCUT2D eigenvalue weighted by atomic mass is 35.5. The summed E-state index contributed by atoms with van der Waals surface area (Å²) in [6.45, 7) is 7.42. The molecule has 96 valence electrons. The summed E-state index contributed by atoms with van der Waals surface area (Å²) in [6, 6.07) is 6.43. The van der Waals surface area contributed by atoms with Gasteiger partial charge in [-0.2, -0.15) is 0 Å². The van der Waals surface area contributed by atoms with Crippen LogP contribution < -0.4 is 5.73 Å². The standard InChI is InChI=1S/C13H19ClN2.ClH/c1-9-5-12(14)4-3-11(9)7-16-6-10(2)13(15)8-16;/h3-5,10,13H,6-8,15H2,1-2H3;1H. The number of hydrogen-bond donors (Lipinski definition) is 1. The molecule has 2 atom stereocenters. The third-order valence-corrected chi connectivity index (χ3v) is 3.68. The predicted molar refractivity (Wildman–Crippen MR) is 75.9 cm³/mol. The zero-order chi connectivity index (χ0) is 11.7. The molecule has 0 aromatic heterocycles. The third-order valence-electron chi connectivity index (χ3n) is 3.44. The third kappa shape index (κ3) is 3.59.